The van der Waals surface area contributed by atoms with E-state index in [4.69, 9.17) is 9.47 Å². The van der Waals surface area contributed by atoms with Gasteiger partial charge < -0.3 is 14.6 Å². The Hall–Kier alpha value is -2.95. The van der Waals surface area contributed by atoms with E-state index in [1.54, 1.807) is 0 Å². The monoisotopic (exact) mass is 817 g/mol. The van der Waals surface area contributed by atoms with Crippen molar-refractivity contribution in [3.63, 3.8) is 0 Å². The Balaban J connectivity index is 3.48. The van der Waals surface area contributed by atoms with Gasteiger partial charge in [-0.15, -0.1) is 0 Å². The van der Waals surface area contributed by atoms with Gasteiger partial charge in [-0.1, -0.05) is 213 Å². The molecule has 0 aromatic rings. The molecule has 0 saturated carbocycles. The van der Waals surface area contributed by atoms with Crippen LogP contribution in [0.15, 0.2) is 109 Å². The van der Waals surface area contributed by atoms with Gasteiger partial charge in [-0.3, -0.25) is 4.79 Å². The highest BCUT2D eigenvalue weighted by Crippen LogP contribution is 2.14. The number of allylic oxidation sites excluding steroid dienone is 18. The van der Waals surface area contributed by atoms with Crippen molar-refractivity contribution in [2.24, 2.45) is 0 Å². The summed E-state index contributed by atoms with van der Waals surface area (Å²) >= 11 is 0. The zero-order chi connectivity index (χ0) is 42.6. The smallest absolute Gasteiger partial charge is 0.306 e. The lowest BCUT2D eigenvalue weighted by Crippen LogP contribution is -2.27. The first kappa shape index (κ1) is 56.1. The zero-order valence-electron chi connectivity index (χ0n) is 38.5. The van der Waals surface area contributed by atoms with Crippen molar-refractivity contribution in [1.82, 2.24) is 0 Å². The molecule has 0 saturated heterocycles. The van der Waals surface area contributed by atoms with E-state index < -0.39 is 6.10 Å². The van der Waals surface area contributed by atoms with Crippen molar-refractivity contribution in [1.29, 1.82) is 0 Å². The molecule has 0 heterocycles. The molecule has 0 bridgehead atoms. The molecule has 4 heteroatoms. The number of rotatable bonds is 44. The van der Waals surface area contributed by atoms with E-state index in [2.05, 4.69) is 123 Å². The fourth-order valence-corrected chi connectivity index (χ4v) is 6.52. The predicted octanol–water partition coefficient (Wildman–Crippen LogP) is 16.7. The maximum absolute atomic E-state index is 12.3. The van der Waals surface area contributed by atoms with Crippen LogP contribution in [0.4, 0.5) is 0 Å². The maximum atomic E-state index is 12.3. The summed E-state index contributed by atoms with van der Waals surface area (Å²) in [6, 6.07) is 0. The molecule has 0 amide bonds. The van der Waals surface area contributed by atoms with Gasteiger partial charge in [0.05, 0.1) is 13.2 Å². The van der Waals surface area contributed by atoms with Crippen molar-refractivity contribution in [2.45, 2.75) is 213 Å². The Kier molecular flexibility index (Phi) is 48.6. The molecule has 0 radical (unpaired) electrons. The molecule has 1 unspecified atom stereocenters. The van der Waals surface area contributed by atoms with E-state index in [-0.39, 0.29) is 19.2 Å². The standard InChI is InChI=1S/C55H92O4/c1-3-5-7-9-11-13-15-17-19-21-23-25-26-27-28-29-31-33-35-37-39-41-43-45-47-49-51-58-53-54(52-56)59-55(57)50-48-46-44-42-40-38-36-34-32-30-24-22-20-18-16-14-12-10-8-6-4-2/h5-8,11-14,17-20,23-25,30,34,36,54,56H,3-4,9-10,15-16,21-22,26-29,31-33,35,37-53H2,1-2H3/b7-5-,8-6-,13-11-,14-12-,19-17-,20-18-,25-23-,30-24-,36-34-. The number of aliphatic hydroxyl groups is 1. The summed E-state index contributed by atoms with van der Waals surface area (Å²) in [5, 5.41) is 9.64. The summed E-state index contributed by atoms with van der Waals surface area (Å²) in [6.07, 6.45) is 74.5. The van der Waals surface area contributed by atoms with Gasteiger partial charge in [-0.05, 0) is 96.3 Å². The lowest BCUT2D eigenvalue weighted by atomic mass is 10.0. The largest absolute Gasteiger partial charge is 0.457 e. The Bertz CT molecular complexity index is 1130. The summed E-state index contributed by atoms with van der Waals surface area (Å²) in [7, 11) is 0. The zero-order valence-corrected chi connectivity index (χ0v) is 38.5. The molecule has 0 aliphatic rings. The second-order valence-corrected chi connectivity index (χ2v) is 15.8. The summed E-state index contributed by atoms with van der Waals surface area (Å²) in [4.78, 5) is 12.3. The average molecular weight is 817 g/mol. The van der Waals surface area contributed by atoms with E-state index >= 15 is 0 Å². The number of hydrogen-bond acceptors (Lipinski definition) is 4. The Morgan fingerprint density at radius 2 is 0.712 bits per heavy atom. The first-order valence-corrected chi connectivity index (χ1v) is 24.5. The topological polar surface area (TPSA) is 55.8 Å². The molecule has 0 aliphatic carbocycles. The lowest BCUT2D eigenvalue weighted by Gasteiger charge is -2.15. The van der Waals surface area contributed by atoms with Crippen LogP contribution in [0.1, 0.15) is 206 Å². The fraction of sp³-hybridized carbons (Fsp3) is 0.655. The van der Waals surface area contributed by atoms with Gasteiger partial charge >= 0.3 is 5.97 Å². The van der Waals surface area contributed by atoms with E-state index in [1.807, 2.05) is 0 Å². The Morgan fingerprint density at radius 3 is 1.07 bits per heavy atom. The number of ether oxygens (including phenoxy) is 2. The third kappa shape index (κ3) is 49.3. The van der Waals surface area contributed by atoms with Gasteiger partial charge in [0.15, 0.2) is 0 Å². The second-order valence-electron chi connectivity index (χ2n) is 15.8. The molecule has 0 aromatic heterocycles. The van der Waals surface area contributed by atoms with Crippen LogP contribution in [0.2, 0.25) is 0 Å². The average Bonchev–Trinajstić information content (AvgIpc) is 3.24. The molecule has 0 fully saturated rings. The Morgan fingerprint density at radius 1 is 0.407 bits per heavy atom. The third-order valence-corrected chi connectivity index (χ3v) is 10.1. The molecule has 0 aliphatic heterocycles. The van der Waals surface area contributed by atoms with Crippen LogP contribution in [0.25, 0.3) is 0 Å². The van der Waals surface area contributed by atoms with Crippen molar-refractivity contribution < 1.29 is 19.4 Å². The SMILES string of the molecule is CC/C=C\C/C=C\C/C=C\C/C=C\C/C=C\CCCCCCCC(=O)OC(CO)COCCCCCCCCCCCCCCC/C=C\C/C=C\C/C=C\C/C=C\CC. The van der Waals surface area contributed by atoms with Crippen LogP contribution >= 0.6 is 0 Å². The minimum atomic E-state index is -0.554. The second kappa shape index (κ2) is 51.2. The van der Waals surface area contributed by atoms with Crippen LogP contribution in [0, 0.1) is 0 Å². The minimum Gasteiger partial charge on any atom is -0.457 e. The lowest BCUT2D eigenvalue weighted by molar-refractivity contribution is -0.154. The summed E-state index contributed by atoms with van der Waals surface area (Å²) < 4.78 is 11.2. The fourth-order valence-electron chi connectivity index (χ4n) is 6.52. The highest BCUT2D eigenvalue weighted by atomic mass is 16.6. The van der Waals surface area contributed by atoms with Gasteiger partial charge in [-0.25, -0.2) is 0 Å². The molecule has 59 heavy (non-hydrogen) atoms. The van der Waals surface area contributed by atoms with Gasteiger partial charge in [0.1, 0.15) is 6.10 Å². The highest BCUT2D eigenvalue weighted by molar-refractivity contribution is 5.69. The first-order valence-electron chi connectivity index (χ1n) is 24.5. The van der Waals surface area contributed by atoms with Gasteiger partial charge in [0, 0.05) is 13.0 Å². The predicted molar refractivity (Wildman–Crippen MR) is 260 cm³/mol. The molecule has 4 nitrogen and oxygen atoms in total. The van der Waals surface area contributed by atoms with Crippen molar-refractivity contribution >= 4 is 5.97 Å². The van der Waals surface area contributed by atoms with Crippen LogP contribution in [0.3, 0.4) is 0 Å². The molecule has 0 spiro atoms. The quantitative estimate of drug-likeness (QED) is 0.0378. The number of esters is 1. The summed E-state index contributed by atoms with van der Waals surface area (Å²) in [5.74, 6) is -0.222. The summed E-state index contributed by atoms with van der Waals surface area (Å²) in [5.41, 5.74) is 0. The number of unbranched alkanes of at least 4 members (excludes halogenated alkanes) is 18. The van der Waals surface area contributed by atoms with Crippen molar-refractivity contribution in [2.75, 3.05) is 19.8 Å². The molecule has 0 rings (SSSR count). The van der Waals surface area contributed by atoms with E-state index in [0.717, 1.165) is 89.9 Å². The third-order valence-electron chi connectivity index (χ3n) is 10.1. The molecular weight excluding hydrogens is 725 g/mol. The van der Waals surface area contributed by atoms with Crippen LogP contribution in [0.5, 0.6) is 0 Å². The molecule has 0 aromatic carbocycles. The van der Waals surface area contributed by atoms with E-state index in [9.17, 15) is 9.90 Å². The normalized spacial score (nSPS) is 13.3. The highest BCUT2D eigenvalue weighted by Gasteiger charge is 2.13. The van der Waals surface area contributed by atoms with Crippen molar-refractivity contribution in [3.8, 4) is 0 Å². The molecule has 336 valence electrons. The van der Waals surface area contributed by atoms with Crippen LogP contribution < -0.4 is 0 Å². The molecule has 1 N–H and O–H groups in total. The van der Waals surface area contributed by atoms with E-state index in [0.29, 0.717) is 13.0 Å². The number of aliphatic hydroxyl groups excluding tert-OH is 1. The van der Waals surface area contributed by atoms with Crippen LogP contribution in [-0.2, 0) is 14.3 Å². The maximum Gasteiger partial charge on any atom is 0.306 e. The summed E-state index contributed by atoms with van der Waals surface area (Å²) in [6.45, 7) is 5.09. The molecule has 1 atom stereocenters. The Labute approximate surface area is 365 Å². The number of carbonyl (C=O) groups excluding carboxylic acids is 1. The number of carbonyl (C=O) groups is 1. The van der Waals surface area contributed by atoms with E-state index in [1.165, 1.54) is 96.3 Å². The first-order chi connectivity index (χ1) is 29.2. The van der Waals surface area contributed by atoms with Gasteiger partial charge in [0.25, 0.3) is 0 Å². The van der Waals surface area contributed by atoms with Gasteiger partial charge in [0.2, 0.25) is 0 Å². The van der Waals surface area contributed by atoms with Crippen molar-refractivity contribution in [3.05, 3.63) is 109 Å². The number of hydrogen-bond donors (Lipinski definition) is 1. The molecular formula is C55H92O4. The van der Waals surface area contributed by atoms with Gasteiger partial charge in [-0.2, -0.15) is 0 Å². The van der Waals surface area contributed by atoms with Crippen LogP contribution in [-0.4, -0.2) is 37.0 Å². The minimum absolute atomic E-state index is 0.186.